The van der Waals surface area contributed by atoms with Gasteiger partial charge < -0.3 is 46.9 Å². The Morgan fingerprint density at radius 1 is 0.369 bits per heavy atom. The van der Waals surface area contributed by atoms with Gasteiger partial charge in [0.05, 0.1) is 40.7 Å². The molecular formula is C87H104Cl3F3N4O6. The fourth-order valence-corrected chi connectivity index (χ4v) is 9.47. The zero-order chi connectivity index (χ0) is 78.2. The Hall–Kier alpha value is -10.1. The Bertz CT molecular complexity index is 3980. The summed E-state index contributed by atoms with van der Waals surface area (Å²) in [6, 6.07) is 64.6. The highest BCUT2D eigenvalue weighted by atomic mass is 35.5. The minimum Gasteiger partial charge on any atom is -0.508 e. The van der Waals surface area contributed by atoms with Crippen LogP contribution in [-0.2, 0) is 0 Å². The van der Waals surface area contributed by atoms with Crippen molar-refractivity contribution in [2.45, 2.75) is 111 Å². The van der Waals surface area contributed by atoms with Crippen LogP contribution < -0.4 is 31.6 Å². The molecule has 550 valence electrons. The van der Waals surface area contributed by atoms with Crippen LogP contribution in [0, 0.1) is 128 Å². The van der Waals surface area contributed by atoms with E-state index in [-0.39, 0.29) is 23.2 Å². The second kappa shape index (κ2) is 47.9. The number of phenolic OH excluding ortho intramolecular Hbond substituents is 3. The van der Waals surface area contributed by atoms with Gasteiger partial charge in [-0.2, -0.15) is 0 Å². The highest BCUT2D eigenvalue weighted by Gasteiger charge is 2.05. The number of anilines is 3. The molecule has 0 heterocycles. The number of halogens is 6. The fourth-order valence-electron chi connectivity index (χ4n) is 8.63. The van der Waals surface area contributed by atoms with Crippen LogP contribution in [0.15, 0.2) is 212 Å². The highest BCUT2D eigenvalue weighted by Crippen LogP contribution is 2.29. The van der Waals surface area contributed by atoms with Gasteiger partial charge in [0.2, 0.25) is 5.91 Å². The van der Waals surface area contributed by atoms with E-state index in [4.69, 9.17) is 71.7 Å². The van der Waals surface area contributed by atoms with E-state index in [9.17, 15) is 23.1 Å². The van der Waals surface area contributed by atoms with Crippen LogP contribution in [0.25, 0.3) is 0 Å². The molecule has 11 aromatic rings. The summed E-state index contributed by atoms with van der Waals surface area (Å²) in [6.45, 7) is 31.7. The van der Waals surface area contributed by atoms with Crippen molar-refractivity contribution in [1.82, 2.24) is 0 Å². The number of rotatable bonds is 4. The van der Waals surface area contributed by atoms with Crippen molar-refractivity contribution >= 4 is 57.8 Å². The smallest absolute Gasteiger partial charge is 0.248 e. The van der Waals surface area contributed by atoms with Gasteiger partial charge in [-0.3, -0.25) is 4.79 Å². The van der Waals surface area contributed by atoms with Crippen molar-refractivity contribution in [3.05, 3.63) is 339 Å². The second-order valence-corrected chi connectivity index (χ2v) is 25.9. The maximum atomic E-state index is 12.5. The summed E-state index contributed by atoms with van der Waals surface area (Å²) in [7, 11) is 7.48. The van der Waals surface area contributed by atoms with Gasteiger partial charge in [-0.25, -0.2) is 13.2 Å². The Labute approximate surface area is 626 Å². The average molecular weight is 1470 g/mol. The van der Waals surface area contributed by atoms with Crippen molar-refractivity contribution in [2.75, 3.05) is 44.7 Å². The summed E-state index contributed by atoms with van der Waals surface area (Å²) in [5.74, 6) is 0.533. The first-order valence-electron chi connectivity index (χ1n) is 32.8. The van der Waals surface area contributed by atoms with E-state index >= 15 is 0 Å². The van der Waals surface area contributed by atoms with Gasteiger partial charge in [-0.15, -0.1) is 0 Å². The maximum absolute atomic E-state index is 12.5. The molecular weight excluding hydrogens is 1360 g/mol. The number of methoxy groups -OCH3 is 2. The summed E-state index contributed by atoms with van der Waals surface area (Å²) in [4.78, 5) is 12.6. The Kier molecular flexibility index (Phi) is 42.3. The lowest BCUT2D eigenvalue weighted by molar-refractivity contribution is 0.1000. The van der Waals surface area contributed by atoms with Gasteiger partial charge >= 0.3 is 0 Å². The van der Waals surface area contributed by atoms with Crippen molar-refractivity contribution in [3.8, 4) is 28.7 Å². The summed E-state index contributed by atoms with van der Waals surface area (Å²) in [5.41, 5.74) is 36.3. The Balaban J connectivity index is 0.000000567. The number of nitrogens with zero attached hydrogens (tertiary/aromatic N) is 1. The predicted octanol–water partition coefficient (Wildman–Crippen LogP) is 23.3. The number of nitrogens with two attached hydrogens (primary N) is 3. The number of carbonyl (C=O) groups is 1. The summed E-state index contributed by atoms with van der Waals surface area (Å²) >= 11 is 17.0. The molecule has 0 atom stereocenters. The molecule has 0 saturated carbocycles. The number of primary amides is 1. The number of nitrogen functional groups attached to an aromatic ring is 2. The third-order valence-corrected chi connectivity index (χ3v) is 15.3. The van der Waals surface area contributed by atoms with Crippen LogP contribution in [0.2, 0.25) is 15.1 Å². The van der Waals surface area contributed by atoms with Gasteiger partial charge in [0.15, 0.2) is 11.6 Å². The number of phenols is 3. The van der Waals surface area contributed by atoms with E-state index < -0.39 is 11.6 Å². The number of aryl methyl sites for hydroxylation is 16. The highest BCUT2D eigenvalue weighted by molar-refractivity contribution is 6.38. The van der Waals surface area contributed by atoms with Crippen LogP contribution in [0.3, 0.4) is 0 Å². The van der Waals surface area contributed by atoms with E-state index in [2.05, 4.69) is 114 Å². The molecule has 0 spiro atoms. The number of carbonyl (C=O) groups excluding carboxylic acids is 1. The Morgan fingerprint density at radius 2 is 0.699 bits per heavy atom. The van der Waals surface area contributed by atoms with Crippen molar-refractivity contribution in [2.24, 2.45) is 5.73 Å². The molecule has 0 unspecified atom stereocenters. The summed E-state index contributed by atoms with van der Waals surface area (Å²) in [6.07, 6.45) is 0. The Morgan fingerprint density at radius 3 is 1.04 bits per heavy atom. The largest absolute Gasteiger partial charge is 0.508 e. The molecule has 10 nitrogen and oxygen atoms in total. The van der Waals surface area contributed by atoms with Crippen LogP contribution in [0.5, 0.6) is 28.7 Å². The van der Waals surface area contributed by atoms with E-state index in [1.54, 1.807) is 87.9 Å². The lowest BCUT2D eigenvalue weighted by Gasteiger charge is -2.11. The molecule has 11 aromatic carbocycles. The van der Waals surface area contributed by atoms with E-state index in [0.717, 1.165) is 62.6 Å². The molecule has 16 heteroatoms. The molecule has 0 fully saturated rings. The molecule has 0 radical (unpaired) electrons. The molecule has 11 rings (SSSR count). The van der Waals surface area contributed by atoms with Crippen molar-refractivity contribution < 1.29 is 42.8 Å². The standard InChI is InChI=1S/C10H14O.C9H13N.C9H12O.C8H9NO.C8H10O.C8H10.C7H7Cl2N.C7H7ClO.C7H6F2.C7H8FN.C7H8O/c1-7-5-8(2)10(11-4)9(3)6-7;1-8-4-6-9(7-5-8)10(2)3;1-6-4-7(2)9(10)8(3)5-6;1-6-2-4-7(5-3-6)8(9)10;1-7-3-5-8(9-2)6-4-7;1-7-3-5-8(2)6-4-7;1-4-2-5(8)7(10)6(9)3-4;1-5-2-3-7(9)6(8)4-5;1-5-2-3-6(8)7(9)4-5;1-5-2-3-7(9)6(8)4-5;1-6-2-4-7(8)5-3-6/h5-6H,1-4H3;4-7H,1-3H3;4-5,10H,1-3H3;2-5H,1H3,(H2,9,10);3-6H,1-2H3;3-6H,1-2H3;2-3H,10H2,1H3;2-4,9H,1H3;2-4H,1H3;2-4H,9H2,1H3;2-5,8H,1H3. The first-order valence-corrected chi connectivity index (χ1v) is 33.9. The van der Waals surface area contributed by atoms with E-state index in [1.807, 2.05) is 130 Å². The minimum atomic E-state index is -0.791. The summed E-state index contributed by atoms with van der Waals surface area (Å²) < 4.78 is 47.0. The zero-order valence-corrected chi connectivity index (χ0v) is 65.5. The normalized spacial score (nSPS) is 9.53. The maximum Gasteiger partial charge on any atom is 0.248 e. The monoisotopic (exact) mass is 1460 g/mol. The number of hydrogen-bond donors (Lipinski definition) is 6. The van der Waals surface area contributed by atoms with Crippen LogP contribution in [0.4, 0.5) is 30.2 Å². The SMILES string of the molecule is COc1c(C)cc(C)cc1C.COc1ccc(C)cc1.Cc1cc(C)c(O)c(C)c1.Cc1cc(Cl)c(N)c(Cl)c1.Cc1ccc(C(N)=O)cc1.Cc1ccc(C)cc1.Cc1ccc(F)c(F)c1.Cc1ccc(N(C)C)cc1.Cc1ccc(N)c(F)c1.Cc1ccc(O)c(Cl)c1.Cc1ccc(O)cc1. The number of amides is 1. The van der Waals surface area contributed by atoms with Crippen LogP contribution >= 0.6 is 34.8 Å². The quantitative estimate of drug-likeness (QED) is 0.0936. The van der Waals surface area contributed by atoms with Crippen LogP contribution in [0.1, 0.15) is 99.4 Å². The third kappa shape index (κ3) is 38.5. The molecule has 1 amide bonds. The molecule has 103 heavy (non-hydrogen) atoms. The molecule has 0 aromatic heterocycles. The van der Waals surface area contributed by atoms with E-state index in [1.165, 1.54) is 67.9 Å². The lowest BCUT2D eigenvalue weighted by Crippen LogP contribution is -2.10. The number of ether oxygens (including phenoxy) is 2. The van der Waals surface area contributed by atoms with Gasteiger partial charge in [-0.05, 0) is 252 Å². The first-order chi connectivity index (χ1) is 48.3. The predicted molar refractivity (Wildman–Crippen MR) is 431 cm³/mol. The van der Waals surface area contributed by atoms with Crippen molar-refractivity contribution in [1.29, 1.82) is 0 Å². The summed E-state index contributed by atoms with van der Waals surface area (Å²) in [5, 5.41) is 28.4. The molecule has 0 bridgehead atoms. The lowest BCUT2D eigenvalue weighted by atomic mass is 10.1. The molecule has 0 aliphatic carbocycles. The molecule has 9 N–H and O–H groups in total. The third-order valence-electron chi connectivity index (χ3n) is 14.4. The fraction of sp³-hybridized carbons (Fsp3) is 0.230. The average Bonchev–Trinajstić information content (AvgIpc) is 0.869. The van der Waals surface area contributed by atoms with Crippen LogP contribution in [-0.4, -0.2) is 49.5 Å². The topological polar surface area (TPSA) is 178 Å². The molecule has 0 saturated heterocycles. The first kappa shape index (κ1) is 91.0. The number of benzene rings is 11. The van der Waals surface area contributed by atoms with Gasteiger partial charge in [0.1, 0.15) is 34.6 Å². The zero-order valence-electron chi connectivity index (χ0n) is 63.2. The van der Waals surface area contributed by atoms with Crippen molar-refractivity contribution in [3.63, 3.8) is 0 Å². The van der Waals surface area contributed by atoms with Gasteiger partial charge in [-0.1, -0.05) is 195 Å². The minimum absolute atomic E-state index is 0.141. The van der Waals surface area contributed by atoms with E-state index in [0.29, 0.717) is 37.8 Å². The molecule has 0 aliphatic heterocycles. The second-order valence-electron chi connectivity index (χ2n) is 24.7. The number of aromatic hydroxyl groups is 3. The van der Waals surface area contributed by atoms with Gasteiger partial charge in [0, 0.05) is 25.3 Å². The number of hydrogen-bond acceptors (Lipinski definition) is 9. The van der Waals surface area contributed by atoms with Gasteiger partial charge in [0.25, 0.3) is 0 Å². The molecule has 0 aliphatic rings.